The Morgan fingerprint density at radius 2 is 2.00 bits per heavy atom. The number of unbranched alkanes of at least 4 members (excludes halogenated alkanes) is 1. The Hall–Kier alpha value is -2.86. The lowest BCUT2D eigenvalue weighted by Gasteiger charge is -2.08. The lowest BCUT2D eigenvalue weighted by Crippen LogP contribution is -2.11. The van der Waals surface area contributed by atoms with Crippen molar-refractivity contribution in [2.45, 2.75) is 19.8 Å². The standard InChI is InChI=1S/C21H23N3O2S/c1-3-4-12-26-18-10-8-15(9-11-18)20(25)23-17-7-5-6-16(13-17)19-14-27-21(22-2)24-19/h5-11,13-14H,3-4,12H2,1-2H3,(H,22,24)(H,23,25). The number of aromatic nitrogens is 1. The number of nitrogens with one attached hydrogen (secondary N) is 2. The predicted octanol–water partition coefficient (Wildman–Crippen LogP) is 5.28. The van der Waals surface area contributed by atoms with Crippen LogP contribution in [-0.2, 0) is 0 Å². The summed E-state index contributed by atoms with van der Waals surface area (Å²) in [6.07, 6.45) is 2.12. The van der Waals surface area contributed by atoms with Crippen molar-refractivity contribution < 1.29 is 9.53 Å². The van der Waals surface area contributed by atoms with Crippen molar-refractivity contribution in [3.05, 3.63) is 59.5 Å². The summed E-state index contributed by atoms with van der Waals surface area (Å²) in [7, 11) is 1.85. The van der Waals surface area contributed by atoms with E-state index in [1.165, 1.54) is 0 Å². The van der Waals surface area contributed by atoms with E-state index in [4.69, 9.17) is 4.74 Å². The monoisotopic (exact) mass is 381 g/mol. The molecule has 0 spiro atoms. The van der Waals surface area contributed by atoms with E-state index in [1.54, 1.807) is 23.5 Å². The van der Waals surface area contributed by atoms with E-state index in [9.17, 15) is 4.79 Å². The van der Waals surface area contributed by atoms with Crippen molar-refractivity contribution >= 4 is 28.1 Å². The molecule has 0 saturated carbocycles. The first kappa shape index (κ1) is 18.9. The Kier molecular flexibility index (Phi) is 6.44. The van der Waals surface area contributed by atoms with Gasteiger partial charge in [-0.3, -0.25) is 4.79 Å². The number of amides is 1. The first-order valence-electron chi connectivity index (χ1n) is 8.97. The van der Waals surface area contributed by atoms with Crippen molar-refractivity contribution in [3.63, 3.8) is 0 Å². The van der Waals surface area contributed by atoms with Crippen LogP contribution in [0, 0.1) is 0 Å². The first-order chi connectivity index (χ1) is 13.2. The zero-order chi connectivity index (χ0) is 19.1. The molecule has 1 amide bonds. The Morgan fingerprint density at radius 1 is 1.19 bits per heavy atom. The van der Waals surface area contributed by atoms with E-state index in [2.05, 4.69) is 22.5 Å². The molecule has 0 atom stereocenters. The van der Waals surface area contributed by atoms with Gasteiger partial charge >= 0.3 is 0 Å². The van der Waals surface area contributed by atoms with Crippen LogP contribution in [0.4, 0.5) is 10.8 Å². The van der Waals surface area contributed by atoms with Gasteiger partial charge in [-0.2, -0.15) is 0 Å². The van der Waals surface area contributed by atoms with Crippen molar-refractivity contribution in [2.75, 3.05) is 24.3 Å². The van der Waals surface area contributed by atoms with Crippen LogP contribution in [0.5, 0.6) is 5.75 Å². The van der Waals surface area contributed by atoms with Crippen LogP contribution >= 0.6 is 11.3 Å². The van der Waals surface area contributed by atoms with Crippen molar-refractivity contribution in [1.29, 1.82) is 0 Å². The number of benzene rings is 2. The van der Waals surface area contributed by atoms with Crippen LogP contribution in [0.2, 0.25) is 0 Å². The third-order valence-corrected chi connectivity index (χ3v) is 4.88. The molecule has 140 valence electrons. The fraction of sp³-hybridized carbons (Fsp3) is 0.238. The molecule has 0 radical (unpaired) electrons. The first-order valence-corrected chi connectivity index (χ1v) is 9.85. The minimum absolute atomic E-state index is 0.151. The summed E-state index contributed by atoms with van der Waals surface area (Å²) in [6.45, 7) is 2.82. The third-order valence-electron chi connectivity index (χ3n) is 4.02. The van der Waals surface area contributed by atoms with Gasteiger partial charge in [-0.15, -0.1) is 11.3 Å². The number of rotatable bonds is 8. The number of carbonyl (C=O) groups is 1. The molecule has 5 nitrogen and oxygen atoms in total. The lowest BCUT2D eigenvalue weighted by atomic mass is 10.1. The quantitative estimate of drug-likeness (QED) is 0.521. The van der Waals surface area contributed by atoms with Gasteiger partial charge < -0.3 is 15.4 Å². The second-order valence-electron chi connectivity index (χ2n) is 6.05. The molecule has 2 aromatic carbocycles. The molecule has 0 fully saturated rings. The SMILES string of the molecule is CCCCOc1ccc(C(=O)Nc2cccc(-c3csc(NC)n3)c2)cc1. The summed E-state index contributed by atoms with van der Waals surface area (Å²) in [4.78, 5) is 17.0. The van der Waals surface area contributed by atoms with Gasteiger partial charge in [0.25, 0.3) is 5.91 Å². The third kappa shape index (κ3) is 5.08. The molecule has 0 aliphatic rings. The largest absolute Gasteiger partial charge is 0.494 e. The number of ether oxygens (including phenoxy) is 1. The number of hydrogen-bond donors (Lipinski definition) is 2. The number of thiazole rings is 1. The predicted molar refractivity (Wildman–Crippen MR) is 112 cm³/mol. The molecule has 0 aliphatic carbocycles. The molecule has 0 unspecified atom stereocenters. The van der Waals surface area contributed by atoms with Gasteiger partial charge in [-0.05, 0) is 42.8 Å². The molecule has 1 heterocycles. The molecule has 1 aromatic heterocycles. The minimum atomic E-state index is -0.151. The van der Waals surface area contributed by atoms with E-state index in [-0.39, 0.29) is 5.91 Å². The summed E-state index contributed by atoms with van der Waals surface area (Å²) in [5, 5.41) is 8.83. The second kappa shape index (κ2) is 9.19. The Morgan fingerprint density at radius 3 is 2.70 bits per heavy atom. The topological polar surface area (TPSA) is 63.2 Å². The molecule has 6 heteroatoms. The van der Waals surface area contributed by atoms with E-state index in [0.29, 0.717) is 12.2 Å². The Labute approximate surface area is 163 Å². The number of carbonyl (C=O) groups excluding carboxylic acids is 1. The van der Waals surface area contributed by atoms with Crippen molar-refractivity contribution in [1.82, 2.24) is 4.98 Å². The fourth-order valence-corrected chi connectivity index (χ4v) is 3.20. The highest BCUT2D eigenvalue weighted by Gasteiger charge is 2.09. The van der Waals surface area contributed by atoms with Gasteiger partial charge in [-0.25, -0.2) is 4.98 Å². The molecule has 27 heavy (non-hydrogen) atoms. The minimum Gasteiger partial charge on any atom is -0.494 e. The molecule has 0 aliphatic heterocycles. The molecule has 3 rings (SSSR count). The summed E-state index contributed by atoms with van der Waals surface area (Å²) < 4.78 is 5.63. The van der Waals surface area contributed by atoms with Crippen LogP contribution in [-0.4, -0.2) is 24.5 Å². The van der Waals surface area contributed by atoms with E-state index in [0.717, 1.165) is 40.7 Å². The maximum Gasteiger partial charge on any atom is 0.255 e. The summed E-state index contributed by atoms with van der Waals surface area (Å²) >= 11 is 1.55. The van der Waals surface area contributed by atoms with Gasteiger partial charge in [0.1, 0.15) is 5.75 Å². The molecule has 2 N–H and O–H groups in total. The summed E-state index contributed by atoms with van der Waals surface area (Å²) in [5.41, 5.74) is 3.17. The van der Waals surface area contributed by atoms with E-state index in [1.807, 2.05) is 48.8 Å². The fourth-order valence-electron chi connectivity index (χ4n) is 2.52. The van der Waals surface area contributed by atoms with Gasteiger partial charge in [0.05, 0.1) is 12.3 Å². The maximum atomic E-state index is 12.5. The highest BCUT2D eigenvalue weighted by atomic mass is 32.1. The average molecular weight is 382 g/mol. The van der Waals surface area contributed by atoms with Gasteiger partial charge in [0.2, 0.25) is 0 Å². The zero-order valence-electron chi connectivity index (χ0n) is 15.5. The molecular weight excluding hydrogens is 358 g/mol. The van der Waals surface area contributed by atoms with Gasteiger partial charge in [0.15, 0.2) is 5.13 Å². The summed E-state index contributed by atoms with van der Waals surface area (Å²) in [6, 6.07) is 14.9. The molecule has 0 bridgehead atoms. The smallest absolute Gasteiger partial charge is 0.255 e. The maximum absolute atomic E-state index is 12.5. The summed E-state index contributed by atoms with van der Waals surface area (Å²) in [5.74, 6) is 0.632. The van der Waals surface area contributed by atoms with Gasteiger partial charge in [-0.1, -0.05) is 25.5 Å². The van der Waals surface area contributed by atoms with E-state index >= 15 is 0 Å². The Balaban J connectivity index is 1.66. The average Bonchev–Trinajstić information content (AvgIpc) is 3.18. The van der Waals surface area contributed by atoms with Crippen molar-refractivity contribution in [2.24, 2.45) is 0 Å². The normalized spacial score (nSPS) is 10.4. The van der Waals surface area contributed by atoms with Gasteiger partial charge in [0, 0.05) is 29.2 Å². The molecular formula is C21H23N3O2S. The second-order valence-corrected chi connectivity index (χ2v) is 6.91. The van der Waals surface area contributed by atoms with Crippen LogP contribution in [0.15, 0.2) is 53.9 Å². The van der Waals surface area contributed by atoms with Crippen LogP contribution in [0.25, 0.3) is 11.3 Å². The lowest BCUT2D eigenvalue weighted by molar-refractivity contribution is 0.102. The number of nitrogens with zero attached hydrogens (tertiary/aromatic N) is 1. The number of anilines is 2. The number of hydrogen-bond acceptors (Lipinski definition) is 5. The molecule has 3 aromatic rings. The zero-order valence-corrected chi connectivity index (χ0v) is 16.3. The van der Waals surface area contributed by atoms with Crippen molar-refractivity contribution in [3.8, 4) is 17.0 Å². The molecule has 0 saturated heterocycles. The Bertz CT molecular complexity index is 890. The van der Waals surface area contributed by atoms with E-state index < -0.39 is 0 Å². The van der Waals surface area contributed by atoms with Crippen LogP contribution < -0.4 is 15.4 Å². The van der Waals surface area contributed by atoms with Crippen LogP contribution in [0.1, 0.15) is 30.1 Å². The van der Waals surface area contributed by atoms with Crippen LogP contribution in [0.3, 0.4) is 0 Å². The highest BCUT2D eigenvalue weighted by molar-refractivity contribution is 7.14. The highest BCUT2D eigenvalue weighted by Crippen LogP contribution is 2.26.